The van der Waals surface area contributed by atoms with Crippen LogP contribution in [0, 0.1) is 11.3 Å². The van der Waals surface area contributed by atoms with Gasteiger partial charge in [0.25, 0.3) is 0 Å². The average Bonchev–Trinajstić information content (AvgIpc) is 3.06. The van der Waals surface area contributed by atoms with Crippen LogP contribution in [-0.4, -0.2) is 43.7 Å². The van der Waals surface area contributed by atoms with Gasteiger partial charge in [-0.1, -0.05) is 109 Å². The van der Waals surface area contributed by atoms with Gasteiger partial charge in [-0.25, -0.2) is 0 Å². The zero-order valence-corrected chi connectivity index (χ0v) is 24.5. The molecule has 1 heterocycles. The van der Waals surface area contributed by atoms with Gasteiger partial charge in [0.2, 0.25) is 0 Å². The van der Waals surface area contributed by atoms with E-state index < -0.39 is 10.8 Å². The maximum absolute atomic E-state index is 13.6. The Morgan fingerprint density at radius 1 is 0.762 bits per heavy atom. The fourth-order valence-electron chi connectivity index (χ4n) is 5.89. The van der Waals surface area contributed by atoms with Crippen molar-refractivity contribution >= 4 is 18.4 Å². The highest BCUT2D eigenvalue weighted by Gasteiger charge is 2.45. The molecule has 0 bridgehead atoms. The number of halogens is 1. The molecule has 1 aliphatic heterocycles. The van der Waals surface area contributed by atoms with E-state index in [-0.39, 0.29) is 25.0 Å². The third-order valence-electron chi connectivity index (χ3n) is 8.28. The molecule has 216 valence electrons. The highest BCUT2D eigenvalue weighted by molar-refractivity contribution is 5.85. The number of nitriles is 1. The van der Waals surface area contributed by atoms with Gasteiger partial charge in [-0.05, 0) is 61.2 Å². The number of para-hydroxylation sites is 1. The number of benzene rings is 4. The third kappa shape index (κ3) is 6.85. The van der Waals surface area contributed by atoms with Crippen LogP contribution in [0.4, 0.5) is 0 Å². The van der Waals surface area contributed by atoms with Crippen LogP contribution >= 0.6 is 12.4 Å². The van der Waals surface area contributed by atoms with Gasteiger partial charge in [0.15, 0.2) is 0 Å². The lowest BCUT2D eigenvalue weighted by Crippen LogP contribution is -2.49. The van der Waals surface area contributed by atoms with E-state index in [1.54, 1.807) is 0 Å². The van der Waals surface area contributed by atoms with Crippen LogP contribution < -0.4 is 4.74 Å². The summed E-state index contributed by atoms with van der Waals surface area (Å²) >= 11 is 0. The third-order valence-corrected chi connectivity index (χ3v) is 8.28. The molecule has 1 saturated heterocycles. The van der Waals surface area contributed by atoms with Gasteiger partial charge in [0.05, 0.1) is 11.5 Å². The van der Waals surface area contributed by atoms with E-state index in [9.17, 15) is 10.1 Å². The number of esters is 1. The van der Waals surface area contributed by atoms with Crippen molar-refractivity contribution in [3.63, 3.8) is 0 Å². The van der Waals surface area contributed by atoms with E-state index >= 15 is 0 Å². The minimum atomic E-state index is -0.742. The first kappa shape index (κ1) is 30.8. The number of carbonyl (C=O) groups excluding carboxylic acids is 1. The second-order valence-electron chi connectivity index (χ2n) is 10.6. The molecule has 0 aliphatic carbocycles. The summed E-state index contributed by atoms with van der Waals surface area (Å²) in [5.74, 6) is 0.564. The molecule has 0 aromatic heterocycles. The van der Waals surface area contributed by atoms with Crippen LogP contribution in [0.3, 0.4) is 0 Å². The van der Waals surface area contributed by atoms with Crippen LogP contribution in [0.2, 0.25) is 0 Å². The molecule has 0 atom stereocenters. The molecule has 0 spiro atoms. The maximum Gasteiger partial charge on any atom is 0.316 e. The monoisotopic (exact) mass is 580 g/mol. The molecular formula is C36H37ClN2O3. The van der Waals surface area contributed by atoms with Gasteiger partial charge in [0, 0.05) is 6.54 Å². The number of carbonyl (C=O) groups is 1. The number of likely N-dealkylation sites (tertiary alicyclic amines) is 1. The Morgan fingerprint density at radius 3 is 1.79 bits per heavy atom. The smallest absolute Gasteiger partial charge is 0.316 e. The summed E-state index contributed by atoms with van der Waals surface area (Å²) in [6.45, 7) is 2.75. The Morgan fingerprint density at radius 2 is 1.26 bits per heavy atom. The van der Waals surface area contributed by atoms with Crippen molar-refractivity contribution in [2.24, 2.45) is 0 Å². The molecule has 0 N–H and O–H groups in total. The lowest BCUT2D eigenvalue weighted by molar-refractivity contribution is -0.153. The van der Waals surface area contributed by atoms with Gasteiger partial charge in [-0.15, -0.1) is 12.4 Å². The number of hydrogen-bond donors (Lipinski definition) is 0. The van der Waals surface area contributed by atoms with Crippen molar-refractivity contribution in [1.29, 1.82) is 5.26 Å². The van der Waals surface area contributed by atoms with Crippen molar-refractivity contribution in [3.05, 3.63) is 138 Å². The van der Waals surface area contributed by atoms with Gasteiger partial charge in [0.1, 0.15) is 24.4 Å². The topological polar surface area (TPSA) is 62.6 Å². The van der Waals surface area contributed by atoms with E-state index in [0.717, 1.165) is 42.1 Å². The summed E-state index contributed by atoms with van der Waals surface area (Å²) < 4.78 is 11.6. The largest absolute Gasteiger partial charge is 0.490 e. The van der Waals surface area contributed by atoms with Gasteiger partial charge in [-0.2, -0.15) is 5.26 Å². The Balaban J connectivity index is 0.00000405. The van der Waals surface area contributed by atoms with E-state index in [0.29, 0.717) is 25.9 Å². The predicted molar refractivity (Wildman–Crippen MR) is 168 cm³/mol. The first-order chi connectivity index (χ1) is 20.2. The Bertz CT molecular complexity index is 1380. The lowest BCUT2D eigenvalue weighted by Gasteiger charge is -2.41. The van der Waals surface area contributed by atoms with E-state index in [1.165, 1.54) is 0 Å². The molecule has 5 nitrogen and oxygen atoms in total. The summed E-state index contributed by atoms with van der Waals surface area (Å²) in [4.78, 5) is 16.0. The summed E-state index contributed by atoms with van der Waals surface area (Å²) in [7, 11) is 0. The molecule has 0 radical (unpaired) electrons. The number of hydrogen-bond acceptors (Lipinski definition) is 5. The second kappa shape index (κ2) is 14.7. The normalized spacial score (nSPS) is 14.6. The summed E-state index contributed by atoms with van der Waals surface area (Å²) in [5, 5.41) is 10.6. The van der Waals surface area contributed by atoms with Crippen molar-refractivity contribution in [2.45, 2.75) is 30.1 Å². The zero-order valence-electron chi connectivity index (χ0n) is 23.7. The highest BCUT2D eigenvalue weighted by atomic mass is 35.5. The Labute approximate surface area is 255 Å². The molecular weight excluding hydrogens is 544 g/mol. The Kier molecular flexibility index (Phi) is 10.8. The zero-order chi connectivity index (χ0) is 28.4. The van der Waals surface area contributed by atoms with Gasteiger partial charge >= 0.3 is 5.97 Å². The molecule has 4 aromatic rings. The number of nitrogens with zero attached hydrogens (tertiary/aromatic N) is 2. The first-order valence-electron chi connectivity index (χ1n) is 14.3. The van der Waals surface area contributed by atoms with Crippen LogP contribution in [0.25, 0.3) is 0 Å². The van der Waals surface area contributed by atoms with Crippen LogP contribution in [0.15, 0.2) is 121 Å². The molecule has 6 heteroatoms. The van der Waals surface area contributed by atoms with Crippen LogP contribution in [0.1, 0.15) is 36.0 Å². The summed E-state index contributed by atoms with van der Waals surface area (Å²) in [5.41, 5.74) is 1.56. The van der Waals surface area contributed by atoms with Gasteiger partial charge < -0.3 is 14.4 Å². The Hall–Kier alpha value is -4.11. The summed E-state index contributed by atoms with van der Waals surface area (Å²) in [6.07, 6.45) is 1.98. The fourth-order valence-corrected chi connectivity index (χ4v) is 5.89. The number of piperidine rings is 1. The fraction of sp³-hybridized carbons (Fsp3) is 0.278. The molecule has 1 aliphatic rings. The number of rotatable bonds is 11. The molecule has 0 saturated carbocycles. The number of ether oxygens (including phenoxy) is 2. The highest BCUT2D eigenvalue weighted by Crippen LogP contribution is 2.39. The quantitative estimate of drug-likeness (QED) is 0.142. The molecule has 5 rings (SSSR count). The molecule has 1 fully saturated rings. The minimum Gasteiger partial charge on any atom is -0.490 e. The van der Waals surface area contributed by atoms with Crippen molar-refractivity contribution < 1.29 is 14.3 Å². The minimum absolute atomic E-state index is 0. The van der Waals surface area contributed by atoms with Crippen LogP contribution in [0.5, 0.6) is 5.75 Å². The van der Waals surface area contributed by atoms with Crippen molar-refractivity contribution in [3.8, 4) is 11.8 Å². The molecule has 0 amide bonds. The average molecular weight is 581 g/mol. The first-order valence-corrected chi connectivity index (χ1v) is 14.3. The SMILES string of the molecule is Cl.N#CC(CCN1CCC(C(=O)OCCOc2ccccc2)(c2ccccc2)CC1)(c1ccccc1)c1ccccc1. The van der Waals surface area contributed by atoms with E-state index in [4.69, 9.17) is 9.47 Å². The van der Waals surface area contributed by atoms with E-state index in [2.05, 4.69) is 11.0 Å². The van der Waals surface area contributed by atoms with Gasteiger partial charge in [-0.3, -0.25) is 4.79 Å². The lowest BCUT2D eigenvalue weighted by atomic mass is 9.71. The van der Waals surface area contributed by atoms with Crippen LogP contribution in [-0.2, 0) is 20.4 Å². The van der Waals surface area contributed by atoms with E-state index in [1.807, 2.05) is 121 Å². The second-order valence-corrected chi connectivity index (χ2v) is 10.6. The summed E-state index contributed by atoms with van der Waals surface area (Å²) in [6, 6.07) is 42.4. The molecule has 42 heavy (non-hydrogen) atoms. The standard InChI is InChI=1S/C36H36N2O3.ClH/c37-29-36(31-15-7-2-8-16-31,32-17-9-3-10-18-32)23-26-38-24-21-35(22-25-38,30-13-5-1-6-14-30)34(39)41-28-27-40-33-19-11-4-12-20-33;/h1-20H,21-28H2;1H. The van der Waals surface area contributed by atoms with Crippen molar-refractivity contribution in [2.75, 3.05) is 32.8 Å². The maximum atomic E-state index is 13.6. The molecule has 4 aromatic carbocycles. The molecule has 0 unspecified atom stereocenters. The van der Waals surface area contributed by atoms with Crippen molar-refractivity contribution in [1.82, 2.24) is 4.90 Å². The predicted octanol–water partition coefficient (Wildman–Crippen LogP) is 6.96.